The lowest BCUT2D eigenvalue weighted by molar-refractivity contribution is -0.147. The molecule has 1 amide bonds. The van der Waals surface area contributed by atoms with Crippen LogP contribution >= 0.6 is 0 Å². The van der Waals surface area contributed by atoms with Crippen LogP contribution in [0, 0.1) is 5.92 Å². The Labute approximate surface area is 222 Å². The molecule has 1 aliphatic carbocycles. The molecule has 0 spiro atoms. The molecule has 5 heterocycles. The molecule has 0 aromatic carbocycles. The van der Waals surface area contributed by atoms with E-state index in [1.165, 1.54) is 21.8 Å². The molecule has 4 aromatic rings. The summed E-state index contributed by atoms with van der Waals surface area (Å²) >= 11 is 0. The Morgan fingerprint density at radius 1 is 1.23 bits per heavy atom. The monoisotopic (exact) mass is 571 g/mol. The topological polar surface area (TPSA) is 126 Å². The quantitative estimate of drug-likeness (QED) is 0.324. The maximum absolute atomic E-state index is 13.9. The van der Waals surface area contributed by atoms with Gasteiger partial charge < -0.3 is 20.2 Å². The number of hydrogen-bond donors (Lipinski definition) is 2. The fourth-order valence-electron chi connectivity index (χ4n) is 4.70. The molecular formula is C24H23F6N7O3. The van der Waals surface area contributed by atoms with Crippen molar-refractivity contribution in [1.29, 1.82) is 0 Å². The van der Waals surface area contributed by atoms with Crippen LogP contribution in [0.5, 0.6) is 11.8 Å². The van der Waals surface area contributed by atoms with Crippen LogP contribution in [0.4, 0.5) is 26.3 Å². The van der Waals surface area contributed by atoms with Gasteiger partial charge in [0.05, 0.1) is 23.4 Å². The number of halogens is 6. The van der Waals surface area contributed by atoms with Gasteiger partial charge in [-0.3, -0.25) is 9.48 Å². The van der Waals surface area contributed by atoms with E-state index in [1.54, 1.807) is 19.2 Å². The smallest absolute Gasteiger partial charge is 0.388 e. The summed E-state index contributed by atoms with van der Waals surface area (Å²) in [7, 11) is 1.55. The molecule has 1 fully saturated rings. The standard InChI is InChI=1S/C19H16F4N6O2.C5H7F2NO/c1-28-8-10(17(27-28)31-19(22)23)11-9-4-2-5-24-16(9)25-13(11)12-14(15(20)21)26-29-6-3-7-30-18(12)29;6-5(7)1-3(2-5)4(8)9/h2,4-5,8,15,19H,3,6-7H2,1H3,(H,24,25);3H,1-2H2,(H2,8,9). The number of nitrogens with two attached hydrogens (primary N) is 1. The number of H-pyrrole nitrogens is 1. The first-order chi connectivity index (χ1) is 18.9. The summed E-state index contributed by atoms with van der Waals surface area (Å²) in [5, 5.41) is 8.53. The number of rotatable bonds is 6. The second-order valence-corrected chi connectivity index (χ2v) is 9.33. The van der Waals surface area contributed by atoms with E-state index in [9.17, 15) is 31.1 Å². The van der Waals surface area contributed by atoms with Gasteiger partial charge >= 0.3 is 6.61 Å². The Morgan fingerprint density at radius 3 is 2.60 bits per heavy atom. The summed E-state index contributed by atoms with van der Waals surface area (Å²) in [6.45, 7) is -2.33. The Hall–Kier alpha value is -4.24. The third-order valence-corrected chi connectivity index (χ3v) is 6.47. The van der Waals surface area contributed by atoms with E-state index in [4.69, 9.17) is 10.5 Å². The van der Waals surface area contributed by atoms with Gasteiger partial charge in [0.25, 0.3) is 6.43 Å². The molecule has 3 N–H and O–H groups in total. The van der Waals surface area contributed by atoms with E-state index in [1.807, 2.05) is 0 Å². The number of carbonyl (C=O) groups is 1. The predicted molar refractivity (Wildman–Crippen MR) is 128 cm³/mol. The van der Waals surface area contributed by atoms with Crippen molar-refractivity contribution >= 4 is 16.9 Å². The lowest BCUT2D eigenvalue weighted by Crippen LogP contribution is -2.42. The average Bonchev–Trinajstić information content (AvgIpc) is 3.54. The third-order valence-electron chi connectivity index (χ3n) is 6.47. The highest BCUT2D eigenvalue weighted by atomic mass is 19.3. The molecule has 40 heavy (non-hydrogen) atoms. The van der Waals surface area contributed by atoms with Crippen molar-refractivity contribution < 1.29 is 40.6 Å². The number of alkyl halides is 6. The second kappa shape index (κ2) is 10.4. The van der Waals surface area contributed by atoms with E-state index in [2.05, 4.69) is 24.9 Å². The number of nitrogens with one attached hydrogen (secondary N) is 1. The van der Waals surface area contributed by atoms with Crippen molar-refractivity contribution in [2.75, 3.05) is 6.61 Å². The molecule has 6 rings (SSSR count). The maximum Gasteiger partial charge on any atom is 0.388 e. The lowest BCUT2D eigenvalue weighted by Gasteiger charge is -2.32. The predicted octanol–water partition coefficient (Wildman–Crippen LogP) is 4.67. The summed E-state index contributed by atoms with van der Waals surface area (Å²) in [4.78, 5) is 17.5. The zero-order valence-corrected chi connectivity index (χ0v) is 20.9. The van der Waals surface area contributed by atoms with Crippen molar-refractivity contribution in [2.24, 2.45) is 18.7 Å². The Balaban J connectivity index is 0.000000306. The number of aromatic nitrogens is 6. The molecule has 2 aliphatic rings. The first kappa shape index (κ1) is 27.3. The fourth-order valence-corrected chi connectivity index (χ4v) is 4.70. The number of aryl methyl sites for hydroxylation is 2. The Morgan fingerprint density at radius 2 is 1.98 bits per heavy atom. The Kier molecular flexibility index (Phi) is 7.10. The van der Waals surface area contributed by atoms with E-state index >= 15 is 0 Å². The fraction of sp³-hybridized carbons (Fsp3) is 0.417. The number of ether oxygens (including phenoxy) is 2. The van der Waals surface area contributed by atoms with Gasteiger partial charge in [0.2, 0.25) is 23.6 Å². The van der Waals surface area contributed by atoms with Crippen LogP contribution in [-0.4, -0.2) is 54.6 Å². The number of hydrogen-bond acceptors (Lipinski definition) is 6. The van der Waals surface area contributed by atoms with E-state index in [0.717, 1.165) is 0 Å². The minimum absolute atomic E-state index is 0.0644. The SMILES string of the molecule is Cn1cc(-c2c(-c3c(C(F)F)nn4c3OCCC4)[nH]c3ncccc23)c(OC(F)F)n1.NC(=O)C1CC(F)(F)C1. The average molecular weight is 571 g/mol. The van der Waals surface area contributed by atoms with Crippen molar-refractivity contribution in [1.82, 2.24) is 29.5 Å². The van der Waals surface area contributed by atoms with Gasteiger partial charge in [-0.05, 0) is 12.1 Å². The molecular weight excluding hydrogens is 548 g/mol. The summed E-state index contributed by atoms with van der Waals surface area (Å²) in [6.07, 6.45) is 0.0480. The molecule has 10 nitrogen and oxygen atoms in total. The van der Waals surface area contributed by atoms with Gasteiger partial charge in [0.15, 0.2) is 0 Å². The summed E-state index contributed by atoms with van der Waals surface area (Å²) < 4.78 is 90.8. The largest absolute Gasteiger partial charge is 0.477 e. The van der Waals surface area contributed by atoms with Crippen molar-refractivity contribution in [2.45, 2.75) is 44.8 Å². The molecule has 1 saturated carbocycles. The highest BCUT2D eigenvalue weighted by molar-refractivity contribution is 6.04. The van der Waals surface area contributed by atoms with Gasteiger partial charge in [0.1, 0.15) is 11.3 Å². The number of carbonyl (C=O) groups excluding carboxylic acids is 1. The van der Waals surface area contributed by atoms with Crippen LogP contribution in [0.15, 0.2) is 24.5 Å². The summed E-state index contributed by atoms with van der Waals surface area (Å²) in [5.74, 6) is -3.96. The molecule has 0 saturated heterocycles. The van der Waals surface area contributed by atoms with Crippen molar-refractivity contribution in [3.8, 4) is 34.1 Å². The molecule has 0 bridgehead atoms. The van der Waals surface area contributed by atoms with Crippen LogP contribution in [0.3, 0.4) is 0 Å². The zero-order valence-electron chi connectivity index (χ0n) is 20.9. The first-order valence-electron chi connectivity index (χ1n) is 12.1. The Bertz CT molecular complexity index is 1540. The molecule has 0 atom stereocenters. The van der Waals surface area contributed by atoms with Gasteiger partial charge in [-0.2, -0.15) is 13.9 Å². The second-order valence-electron chi connectivity index (χ2n) is 9.33. The van der Waals surface area contributed by atoms with Crippen LogP contribution < -0.4 is 15.2 Å². The zero-order chi connectivity index (χ0) is 28.8. The lowest BCUT2D eigenvalue weighted by atomic mass is 9.81. The van der Waals surface area contributed by atoms with Crippen LogP contribution in [-0.2, 0) is 18.4 Å². The number of aromatic amines is 1. The minimum atomic E-state index is -3.11. The van der Waals surface area contributed by atoms with E-state index in [0.29, 0.717) is 36.2 Å². The molecule has 214 valence electrons. The van der Waals surface area contributed by atoms with Crippen molar-refractivity contribution in [3.05, 3.63) is 30.2 Å². The molecule has 1 aliphatic heterocycles. The van der Waals surface area contributed by atoms with Gasteiger partial charge in [-0.15, -0.1) is 5.10 Å². The highest BCUT2D eigenvalue weighted by Gasteiger charge is 2.47. The van der Waals surface area contributed by atoms with Crippen LogP contribution in [0.25, 0.3) is 33.4 Å². The first-order valence-corrected chi connectivity index (χ1v) is 12.1. The van der Waals surface area contributed by atoms with Crippen molar-refractivity contribution in [3.63, 3.8) is 0 Å². The number of amides is 1. The van der Waals surface area contributed by atoms with Gasteiger partial charge in [-0.25, -0.2) is 27.2 Å². The molecule has 4 aromatic heterocycles. The van der Waals surface area contributed by atoms with Gasteiger partial charge in [-0.1, -0.05) is 0 Å². The molecule has 16 heteroatoms. The molecule has 0 unspecified atom stereocenters. The number of primary amides is 1. The minimum Gasteiger partial charge on any atom is -0.477 e. The summed E-state index contributed by atoms with van der Waals surface area (Å²) in [5.41, 5.74) is 5.50. The highest BCUT2D eigenvalue weighted by Crippen LogP contribution is 2.47. The number of nitrogens with zero attached hydrogens (tertiary/aromatic N) is 5. The van der Waals surface area contributed by atoms with E-state index in [-0.39, 0.29) is 41.4 Å². The van der Waals surface area contributed by atoms with Gasteiger partial charge in [0, 0.05) is 62.1 Å². The summed E-state index contributed by atoms with van der Waals surface area (Å²) in [6, 6.07) is 3.36. The van der Waals surface area contributed by atoms with Crippen LogP contribution in [0.1, 0.15) is 31.4 Å². The van der Waals surface area contributed by atoms with E-state index < -0.39 is 36.5 Å². The third kappa shape index (κ3) is 5.16. The maximum atomic E-state index is 13.9. The normalized spacial score (nSPS) is 16.3. The van der Waals surface area contributed by atoms with Crippen LogP contribution in [0.2, 0.25) is 0 Å². The molecule has 0 radical (unpaired) electrons. The number of fused-ring (bicyclic) bond motifs is 2. The number of pyridine rings is 1.